The molecular formula is C14H15Cl2N3O5S. The van der Waals surface area contributed by atoms with E-state index in [9.17, 15) is 8.42 Å². The minimum atomic E-state index is -3.58. The Kier molecular flexibility index (Phi) is 5.33. The SMILES string of the molecule is CS(=O)(=O)OC[C@H]1CO[C@@](Cn2ccnn2)(c2ccc(Cl)cc2Cl)O1. The zero-order chi connectivity index (χ0) is 18.1. The normalized spacial score (nSPS) is 23.9. The van der Waals surface area contributed by atoms with Gasteiger partial charge < -0.3 is 9.47 Å². The Labute approximate surface area is 154 Å². The summed E-state index contributed by atoms with van der Waals surface area (Å²) in [7, 11) is -3.58. The van der Waals surface area contributed by atoms with Crippen LogP contribution in [0.2, 0.25) is 10.0 Å². The summed E-state index contributed by atoms with van der Waals surface area (Å²) in [5.41, 5.74) is 0.552. The van der Waals surface area contributed by atoms with E-state index in [1.165, 1.54) is 10.9 Å². The van der Waals surface area contributed by atoms with Crippen molar-refractivity contribution in [2.45, 2.75) is 18.4 Å². The van der Waals surface area contributed by atoms with Gasteiger partial charge in [0.2, 0.25) is 5.79 Å². The summed E-state index contributed by atoms with van der Waals surface area (Å²) in [6, 6.07) is 4.94. The molecule has 11 heteroatoms. The molecule has 1 fully saturated rings. The van der Waals surface area contributed by atoms with Crippen LogP contribution in [0.25, 0.3) is 0 Å². The van der Waals surface area contributed by atoms with Crippen LogP contribution < -0.4 is 0 Å². The average molecular weight is 408 g/mol. The van der Waals surface area contributed by atoms with Crippen LogP contribution in [0.4, 0.5) is 0 Å². The second kappa shape index (κ2) is 7.18. The minimum absolute atomic E-state index is 0.128. The van der Waals surface area contributed by atoms with Gasteiger partial charge >= 0.3 is 0 Å². The highest BCUT2D eigenvalue weighted by molar-refractivity contribution is 7.85. The lowest BCUT2D eigenvalue weighted by molar-refractivity contribution is -0.190. The van der Waals surface area contributed by atoms with E-state index in [2.05, 4.69) is 10.3 Å². The highest BCUT2D eigenvalue weighted by atomic mass is 35.5. The summed E-state index contributed by atoms with van der Waals surface area (Å²) in [5.74, 6) is -1.26. The zero-order valence-electron chi connectivity index (χ0n) is 13.1. The van der Waals surface area contributed by atoms with E-state index in [0.29, 0.717) is 15.6 Å². The van der Waals surface area contributed by atoms with E-state index < -0.39 is 22.0 Å². The maximum atomic E-state index is 11.2. The van der Waals surface area contributed by atoms with Crippen LogP contribution >= 0.6 is 23.2 Å². The molecule has 136 valence electrons. The lowest BCUT2D eigenvalue weighted by Crippen LogP contribution is -2.35. The number of ether oxygens (including phenoxy) is 2. The zero-order valence-corrected chi connectivity index (χ0v) is 15.5. The molecule has 1 aliphatic rings. The third-order valence-corrected chi connectivity index (χ3v) is 4.62. The van der Waals surface area contributed by atoms with Gasteiger partial charge in [-0.1, -0.05) is 34.5 Å². The fourth-order valence-corrected chi connectivity index (χ4v) is 3.44. The van der Waals surface area contributed by atoms with Crippen molar-refractivity contribution in [2.24, 2.45) is 0 Å². The number of nitrogens with zero attached hydrogens (tertiary/aromatic N) is 3. The van der Waals surface area contributed by atoms with E-state index in [1.807, 2.05) is 0 Å². The van der Waals surface area contributed by atoms with E-state index in [-0.39, 0.29) is 19.8 Å². The monoisotopic (exact) mass is 407 g/mol. The number of hydrogen-bond donors (Lipinski definition) is 0. The van der Waals surface area contributed by atoms with Crippen molar-refractivity contribution in [1.29, 1.82) is 0 Å². The van der Waals surface area contributed by atoms with Crippen molar-refractivity contribution in [3.8, 4) is 0 Å². The second-order valence-corrected chi connectivity index (χ2v) is 8.00. The van der Waals surface area contributed by atoms with Crippen molar-refractivity contribution in [2.75, 3.05) is 19.5 Å². The molecule has 2 atom stereocenters. The topological polar surface area (TPSA) is 92.5 Å². The van der Waals surface area contributed by atoms with Crippen molar-refractivity contribution < 1.29 is 22.1 Å². The molecular weight excluding hydrogens is 393 g/mol. The third-order valence-electron chi connectivity index (χ3n) is 3.51. The summed E-state index contributed by atoms with van der Waals surface area (Å²) < 4.78 is 40.6. The van der Waals surface area contributed by atoms with Crippen LogP contribution in [0.3, 0.4) is 0 Å². The summed E-state index contributed by atoms with van der Waals surface area (Å²) in [5, 5.41) is 8.51. The molecule has 0 unspecified atom stereocenters. The Hall–Kier alpha value is -1.23. The van der Waals surface area contributed by atoms with Gasteiger partial charge in [-0.25, -0.2) is 4.68 Å². The molecule has 1 aromatic carbocycles. The maximum Gasteiger partial charge on any atom is 0.264 e. The third kappa shape index (κ3) is 4.49. The van der Waals surface area contributed by atoms with Crippen LogP contribution in [-0.2, 0) is 36.1 Å². The van der Waals surface area contributed by atoms with Crippen LogP contribution in [0.15, 0.2) is 30.6 Å². The quantitative estimate of drug-likeness (QED) is 0.674. The highest BCUT2D eigenvalue weighted by Gasteiger charge is 2.45. The molecule has 1 saturated heterocycles. The number of halogens is 2. The average Bonchev–Trinajstić information content (AvgIpc) is 3.15. The smallest absolute Gasteiger partial charge is 0.264 e. The molecule has 0 spiro atoms. The first kappa shape index (κ1) is 18.6. The number of hydrogen-bond acceptors (Lipinski definition) is 7. The fraction of sp³-hybridized carbons (Fsp3) is 0.429. The second-order valence-electron chi connectivity index (χ2n) is 5.52. The minimum Gasteiger partial charge on any atom is -0.342 e. The summed E-state index contributed by atoms with van der Waals surface area (Å²) in [6.45, 7) is 0.135. The lowest BCUT2D eigenvalue weighted by Gasteiger charge is -2.29. The number of benzene rings is 1. The molecule has 8 nitrogen and oxygen atoms in total. The summed E-state index contributed by atoms with van der Waals surface area (Å²) in [4.78, 5) is 0. The van der Waals surface area contributed by atoms with Gasteiger partial charge in [0.05, 0.1) is 30.7 Å². The number of rotatable bonds is 6. The van der Waals surface area contributed by atoms with E-state index in [4.69, 9.17) is 36.9 Å². The standard InChI is InChI=1S/C14H15Cl2N3O5S/c1-25(20,21)23-8-11-7-22-14(24-11,9-19-5-4-17-18-19)12-3-2-10(15)6-13(12)16/h2-6,11H,7-9H2,1H3/t11-,14-/m1/s1. The molecule has 0 saturated carbocycles. The fourth-order valence-electron chi connectivity index (χ4n) is 2.48. The van der Waals surface area contributed by atoms with Gasteiger partial charge in [0.25, 0.3) is 10.1 Å². The van der Waals surface area contributed by atoms with Crippen molar-refractivity contribution in [3.05, 3.63) is 46.2 Å². The first-order valence-corrected chi connectivity index (χ1v) is 9.80. The van der Waals surface area contributed by atoms with Crippen molar-refractivity contribution >= 4 is 33.3 Å². The highest BCUT2D eigenvalue weighted by Crippen LogP contribution is 2.40. The van der Waals surface area contributed by atoms with Crippen LogP contribution in [0.1, 0.15) is 5.56 Å². The molecule has 2 aromatic rings. The van der Waals surface area contributed by atoms with Gasteiger partial charge in [-0.15, -0.1) is 5.10 Å². The predicted molar refractivity (Wildman–Crippen MR) is 89.8 cm³/mol. The molecule has 3 rings (SSSR count). The number of aromatic nitrogens is 3. The molecule has 0 aliphatic carbocycles. The van der Waals surface area contributed by atoms with E-state index in [1.54, 1.807) is 24.4 Å². The van der Waals surface area contributed by atoms with Gasteiger partial charge in [0.1, 0.15) is 12.6 Å². The first-order chi connectivity index (χ1) is 11.8. The van der Waals surface area contributed by atoms with Gasteiger partial charge in [-0.2, -0.15) is 8.42 Å². The predicted octanol–water partition coefficient (Wildman–Crippen LogP) is 1.83. The summed E-state index contributed by atoms with van der Waals surface area (Å²) >= 11 is 12.3. The molecule has 1 aliphatic heterocycles. The molecule has 2 heterocycles. The Morgan fingerprint density at radius 2 is 2.24 bits per heavy atom. The van der Waals surface area contributed by atoms with Gasteiger partial charge in [0, 0.05) is 16.8 Å². The molecule has 0 N–H and O–H groups in total. The van der Waals surface area contributed by atoms with Crippen LogP contribution in [-0.4, -0.2) is 49.0 Å². The van der Waals surface area contributed by atoms with Crippen LogP contribution in [0.5, 0.6) is 0 Å². The lowest BCUT2D eigenvalue weighted by atomic mass is 10.1. The van der Waals surface area contributed by atoms with Gasteiger partial charge in [0.15, 0.2) is 0 Å². The molecule has 1 aromatic heterocycles. The Morgan fingerprint density at radius 3 is 2.88 bits per heavy atom. The Balaban J connectivity index is 1.88. The Morgan fingerprint density at radius 1 is 1.44 bits per heavy atom. The first-order valence-electron chi connectivity index (χ1n) is 7.23. The van der Waals surface area contributed by atoms with E-state index in [0.717, 1.165) is 6.26 Å². The van der Waals surface area contributed by atoms with Crippen LogP contribution in [0, 0.1) is 0 Å². The van der Waals surface area contributed by atoms with E-state index >= 15 is 0 Å². The van der Waals surface area contributed by atoms with Crippen molar-refractivity contribution in [1.82, 2.24) is 15.0 Å². The Bertz CT molecular complexity index is 846. The van der Waals surface area contributed by atoms with Gasteiger partial charge in [-0.05, 0) is 12.1 Å². The summed E-state index contributed by atoms with van der Waals surface area (Å²) in [6.07, 6.45) is 3.56. The molecule has 0 radical (unpaired) electrons. The molecule has 25 heavy (non-hydrogen) atoms. The maximum absolute atomic E-state index is 11.2. The molecule has 0 bridgehead atoms. The largest absolute Gasteiger partial charge is 0.342 e. The molecule has 0 amide bonds. The van der Waals surface area contributed by atoms with Crippen molar-refractivity contribution in [3.63, 3.8) is 0 Å². The van der Waals surface area contributed by atoms with Gasteiger partial charge in [-0.3, -0.25) is 4.18 Å².